The summed E-state index contributed by atoms with van der Waals surface area (Å²) >= 11 is 0. The molecule has 0 bridgehead atoms. The molecule has 0 spiro atoms. The molecule has 1 aliphatic heterocycles. The van der Waals surface area contributed by atoms with E-state index in [2.05, 4.69) is 29.8 Å². The second-order valence-electron chi connectivity index (χ2n) is 3.90. The SMILES string of the molecule is C=C1/C=C\C=C/N(C)/C(C2=CC=CCC2)=N\1. The quantitative estimate of drug-likeness (QED) is 0.651. The summed E-state index contributed by atoms with van der Waals surface area (Å²) in [5.41, 5.74) is 2.06. The Morgan fingerprint density at radius 3 is 2.94 bits per heavy atom. The molecule has 0 aromatic heterocycles. The molecular formula is C14H16N2. The molecule has 0 amide bonds. The maximum absolute atomic E-state index is 4.55. The average molecular weight is 212 g/mol. The fourth-order valence-electron chi connectivity index (χ4n) is 1.76. The number of rotatable bonds is 1. The zero-order chi connectivity index (χ0) is 11.4. The van der Waals surface area contributed by atoms with E-state index in [1.165, 1.54) is 5.57 Å². The van der Waals surface area contributed by atoms with E-state index in [0.29, 0.717) is 0 Å². The van der Waals surface area contributed by atoms with Gasteiger partial charge in [0.1, 0.15) is 5.84 Å². The van der Waals surface area contributed by atoms with Gasteiger partial charge in [0.2, 0.25) is 0 Å². The van der Waals surface area contributed by atoms with Crippen LogP contribution in [0.1, 0.15) is 12.8 Å². The Hall–Kier alpha value is -1.83. The predicted octanol–water partition coefficient (Wildman–Crippen LogP) is 3.19. The van der Waals surface area contributed by atoms with E-state index in [0.717, 1.165) is 24.4 Å². The van der Waals surface area contributed by atoms with Gasteiger partial charge >= 0.3 is 0 Å². The number of amidine groups is 1. The fourth-order valence-corrected chi connectivity index (χ4v) is 1.76. The van der Waals surface area contributed by atoms with E-state index in [9.17, 15) is 0 Å². The van der Waals surface area contributed by atoms with Crippen molar-refractivity contribution in [2.24, 2.45) is 4.99 Å². The van der Waals surface area contributed by atoms with Crippen molar-refractivity contribution in [1.82, 2.24) is 4.90 Å². The van der Waals surface area contributed by atoms with E-state index in [1.807, 2.05) is 36.4 Å². The van der Waals surface area contributed by atoms with E-state index in [-0.39, 0.29) is 0 Å². The molecule has 2 aliphatic rings. The van der Waals surface area contributed by atoms with Crippen LogP contribution in [0.4, 0.5) is 0 Å². The first-order valence-electron chi connectivity index (χ1n) is 5.49. The third kappa shape index (κ3) is 2.40. The average Bonchev–Trinajstić information content (AvgIpc) is 2.30. The summed E-state index contributed by atoms with van der Waals surface area (Å²) in [5, 5.41) is 0. The number of hydrogen-bond acceptors (Lipinski definition) is 2. The molecule has 1 aliphatic carbocycles. The summed E-state index contributed by atoms with van der Waals surface area (Å²) in [7, 11) is 2.01. The van der Waals surface area contributed by atoms with Gasteiger partial charge in [-0.3, -0.25) is 0 Å². The highest BCUT2D eigenvalue weighted by atomic mass is 15.1. The van der Waals surface area contributed by atoms with E-state index >= 15 is 0 Å². The lowest BCUT2D eigenvalue weighted by Crippen LogP contribution is -2.24. The summed E-state index contributed by atoms with van der Waals surface area (Å²) in [5.74, 6) is 0.995. The van der Waals surface area contributed by atoms with Gasteiger partial charge in [0.15, 0.2) is 0 Å². The van der Waals surface area contributed by atoms with Crippen molar-refractivity contribution in [2.75, 3.05) is 7.05 Å². The van der Waals surface area contributed by atoms with Crippen LogP contribution >= 0.6 is 0 Å². The van der Waals surface area contributed by atoms with Crippen molar-refractivity contribution < 1.29 is 0 Å². The Labute approximate surface area is 96.7 Å². The van der Waals surface area contributed by atoms with Gasteiger partial charge in [-0.1, -0.05) is 30.9 Å². The Morgan fingerprint density at radius 1 is 1.31 bits per heavy atom. The van der Waals surface area contributed by atoms with Crippen LogP contribution in [0.3, 0.4) is 0 Å². The molecule has 2 nitrogen and oxygen atoms in total. The molecule has 0 N–H and O–H groups in total. The minimum absolute atomic E-state index is 0.793. The van der Waals surface area contributed by atoms with Gasteiger partial charge in [-0.25, -0.2) is 4.99 Å². The monoisotopic (exact) mass is 212 g/mol. The molecule has 82 valence electrons. The molecule has 0 saturated heterocycles. The van der Waals surface area contributed by atoms with Crippen LogP contribution in [-0.2, 0) is 0 Å². The van der Waals surface area contributed by atoms with Gasteiger partial charge in [0.25, 0.3) is 0 Å². The highest BCUT2D eigenvalue weighted by Crippen LogP contribution is 2.18. The van der Waals surface area contributed by atoms with Crippen LogP contribution in [0.15, 0.2) is 65.5 Å². The summed E-state index contributed by atoms with van der Waals surface area (Å²) < 4.78 is 0. The topological polar surface area (TPSA) is 15.6 Å². The number of hydrogen-bond donors (Lipinski definition) is 0. The summed E-state index contributed by atoms with van der Waals surface area (Å²) in [6.45, 7) is 3.92. The van der Waals surface area contributed by atoms with E-state index in [4.69, 9.17) is 0 Å². The number of likely N-dealkylation sites (N-methyl/N-ethyl adjacent to an activating group) is 1. The summed E-state index contributed by atoms with van der Waals surface area (Å²) in [6, 6.07) is 0. The van der Waals surface area contributed by atoms with E-state index in [1.54, 1.807) is 0 Å². The summed E-state index contributed by atoms with van der Waals surface area (Å²) in [6.07, 6.45) is 16.4. The molecule has 0 radical (unpaired) electrons. The standard InChI is InChI=1S/C14H16N2/c1-12-8-6-7-11-16(2)14(15-12)13-9-4-3-5-10-13/h3-4,6-9,11H,1,5,10H2,2H3/b8-6-,11-7-,15-14-. The Balaban J connectivity index is 2.36. The van der Waals surface area contributed by atoms with Crippen LogP contribution in [-0.4, -0.2) is 17.8 Å². The second-order valence-corrected chi connectivity index (χ2v) is 3.90. The lowest BCUT2D eigenvalue weighted by atomic mass is 10.0. The third-order valence-corrected chi connectivity index (χ3v) is 2.59. The molecule has 0 aromatic carbocycles. The second kappa shape index (κ2) is 4.79. The number of allylic oxidation sites excluding steroid dienone is 6. The molecule has 16 heavy (non-hydrogen) atoms. The molecule has 0 saturated carbocycles. The van der Waals surface area contributed by atoms with Crippen LogP contribution in [0.25, 0.3) is 0 Å². The molecule has 0 atom stereocenters. The molecule has 2 rings (SSSR count). The maximum atomic E-state index is 4.55. The minimum Gasteiger partial charge on any atom is -0.336 e. The van der Waals surface area contributed by atoms with Gasteiger partial charge in [0.05, 0.1) is 5.70 Å². The normalized spacial score (nSPS) is 27.6. The van der Waals surface area contributed by atoms with Crippen molar-refractivity contribution in [3.63, 3.8) is 0 Å². The van der Waals surface area contributed by atoms with Crippen LogP contribution in [0.2, 0.25) is 0 Å². The van der Waals surface area contributed by atoms with E-state index < -0.39 is 0 Å². The Kier molecular flexibility index (Phi) is 3.20. The van der Waals surface area contributed by atoms with Gasteiger partial charge < -0.3 is 4.90 Å². The third-order valence-electron chi connectivity index (χ3n) is 2.59. The highest BCUT2D eigenvalue weighted by Gasteiger charge is 2.12. The van der Waals surface area contributed by atoms with Gasteiger partial charge in [-0.2, -0.15) is 0 Å². The van der Waals surface area contributed by atoms with Crippen LogP contribution < -0.4 is 0 Å². The first-order chi connectivity index (χ1) is 7.77. The lowest BCUT2D eigenvalue weighted by molar-refractivity contribution is 0.679. The largest absolute Gasteiger partial charge is 0.336 e. The Morgan fingerprint density at radius 2 is 2.19 bits per heavy atom. The first-order valence-corrected chi connectivity index (χ1v) is 5.49. The lowest BCUT2D eigenvalue weighted by Gasteiger charge is -2.21. The zero-order valence-corrected chi connectivity index (χ0v) is 9.56. The molecule has 0 aromatic rings. The van der Waals surface area contributed by atoms with Crippen molar-refractivity contribution >= 4 is 5.84 Å². The van der Waals surface area contributed by atoms with Gasteiger partial charge in [0, 0.05) is 13.2 Å². The van der Waals surface area contributed by atoms with Crippen molar-refractivity contribution in [3.05, 3.63) is 60.5 Å². The molecular weight excluding hydrogens is 196 g/mol. The molecule has 0 fully saturated rings. The molecule has 0 unspecified atom stereocenters. The number of aliphatic imine (C=N–C) groups is 1. The van der Waals surface area contributed by atoms with Crippen LogP contribution in [0, 0.1) is 0 Å². The van der Waals surface area contributed by atoms with Gasteiger partial charge in [-0.15, -0.1) is 0 Å². The smallest absolute Gasteiger partial charge is 0.136 e. The summed E-state index contributed by atoms with van der Waals surface area (Å²) in [4.78, 5) is 6.59. The highest BCUT2D eigenvalue weighted by molar-refractivity contribution is 6.00. The van der Waals surface area contributed by atoms with Crippen LogP contribution in [0.5, 0.6) is 0 Å². The number of nitrogens with zero attached hydrogens (tertiary/aromatic N) is 2. The van der Waals surface area contributed by atoms with Crippen molar-refractivity contribution in [2.45, 2.75) is 12.8 Å². The molecule has 2 heteroatoms. The first kappa shape index (κ1) is 10.7. The van der Waals surface area contributed by atoms with Crippen molar-refractivity contribution in [1.29, 1.82) is 0 Å². The fraction of sp³-hybridized carbons (Fsp3) is 0.214. The zero-order valence-electron chi connectivity index (χ0n) is 9.56. The molecule has 1 heterocycles. The predicted molar refractivity (Wildman–Crippen MR) is 69.1 cm³/mol. The van der Waals surface area contributed by atoms with Gasteiger partial charge in [-0.05, 0) is 30.6 Å². The Bertz CT molecular complexity index is 434. The van der Waals surface area contributed by atoms with Crippen molar-refractivity contribution in [3.8, 4) is 0 Å². The maximum Gasteiger partial charge on any atom is 0.136 e. The minimum atomic E-state index is 0.793.